The molecule has 0 N–H and O–H groups in total. The average molecular weight is 655 g/mol. The Labute approximate surface area is 299 Å². The third kappa shape index (κ3) is 5.65. The summed E-state index contributed by atoms with van der Waals surface area (Å²) in [6.45, 7) is 2.35. The molecule has 1 aliphatic carbocycles. The number of hydrogen-bond acceptors (Lipinski definition) is 1. The molecule has 1 aliphatic rings. The second-order valence-corrected chi connectivity index (χ2v) is 13.7. The van der Waals surface area contributed by atoms with Crippen molar-refractivity contribution in [2.45, 2.75) is 18.8 Å². The first-order chi connectivity index (χ1) is 25.1. The Hall–Kier alpha value is -6.38. The quantitative estimate of drug-likeness (QED) is 0.166. The minimum absolute atomic E-state index is 0.111. The van der Waals surface area contributed by atoms with Gasteiger partial charge in [0.1, 0.15) is 0 Å². The van der Waals surface area contributed by atoms with Crippen LogP contribution in [0.5, 0.6) is 0 Å². The van der Waals surface area contributed by atoms with Crippen LogP contribution < -0.4 is 4.90 Å². The van der Waals surface area contributed by atoms with Gasteiger partial charge in [-0.05, 0) is 88.8 Å². The van der Waals surface area contributed by atoms with E-state index < -0.39 is 0 Å². The summed E-state index contributed by atoms with van der Waals surface area (Å²) in [7, 11) is 0. The molecule has 1 unspecified atom stereocenters. The molecule has 8 aromatic rings. The number of fused-ring (bicyclic) bond motifs is 3. The molecule has 1 atom stereocenters. The SMILES string of the molecule is CC1(c2ccc(N(c3ccc(-c4ccccc4)cc3)c3ccc(-c4ccccc4)cc3)cc2)C=CC(n2c3ccccc3c3ccccc32)=CC1. The van der Waals surface area contributed by atoms with Crippen LogP contribution in [0.4, 0.5) is 17.1 Å². The summed E-state index contributed by atoms with van der Waals surface area (Å²) < 4.78 is 2.41. The van der Waals surface area contributed by atoms with Crippen molar-refractivity contribution in [3.8, 4) is 22.3 Å². The first kappa shape index (κ1) is 30.7. The summed E-state index contributed by atoms with van der Waals surface area (Å²) in [6.07, 6.45) is 8.03. The second-order valence-electron chi connectivity index (χ2n) is 13.7. The molecule has 0 aliphatic heterocycles. The Morgan fingerprint density at radius 1 is 0.451 bits per heavy atom. The number of hydrogen-bond donors (Lipinski definition) is 0. The maximum absolute atomic E-state index is 2.41. The lowest BCUT2D eigenvalue weighted by molar-refractivity contribution is 0.599. The van der Waals surface area contributed by atoms with Gasteiger partial charge in [-0.15, -0.1) is 0 Å². The third-order valence-electron chi connectivity index (χ3n) is 10.4. The Morgan fingerprint density at radius 2 is 0.863 bits per heavy atom. The summed E-state index contributed by atoms with van der Waals surface area (Å²) >= 11 is 0. The minimum atomic E-state index is -0.111. The first-order valence-electron chi connectivity index (χ1n) is 17.7. The van der Waals surface area contributed by atoms with Gasteiger partial charge in [0.2, 0.25) is 0 Å². The molecule has 1 heterocycles. The van der Waals surface area contributed by atoms with Crippen LogP contribution in [0.2, 0.25) is 0 Å². The lowest BCUT2D eigenvalue weighted by Crippen LogP contribution is -2.21. The molecule has 9 rings (SSSR count). The van der Waals surface area contributed by atoms with Crippen molar-refractivity contribution >= 4 is 44.6 Å². The van der Waals surface area contributed by atoms with E-state index in [4.69, 9.17) is 0 Å². The fraction of sp³-hybridized carbons (Fsp3) is 0.0612. The van der Waals surface area contributed by atoms with E-state index in [1.807, 2.05) is 0 Å². The number of anilines is 3. The van der Waals surface area contributed by atoms with Gasteiger partial charge >= 0.3 is 0 Å². The highest BCUT2D eigenvalue weighted by molar-refractivity contribution is 6.10. The summed E-state index contributed by atoms with van der Waals surface area (Å²) in [6, 6.07) is 65.6. The number of rotatable bonds is 7. The van der Waals surface area contributed by atoms with Crippen LogP contribution in [0.1, 0.15) is 18.9 Å². The maximum atomic E-state index is 2.41. The molecule has 2 nitrogen and oxygen atoms in total. The predicted molar refractivity (Wildman–Crippen MR) is 217 cm³/mol. The molecule has 0 saturated heterocycles. The van der Waals surface area contributed by atoms with Gasteiger partial charge in [0, 0.05) is 38.9 Å². The van der Waals surface area contributed by atoms with Crippen molar-refractivity contribution in [2.75, 3.05) is 4.90 Å². The van der Waals surface area contributed by atoms with E-state index in [0.717, 1.165) is 23.5 Å². The minimum Gasteiger partial charge on any atom is -0.311 e. The Bertz CT molecular complexity index is 2390. The van der Waals surface area contributed by atoms with Crippen LogP contribution >= 0.6 is 0 Å². The van der Waals surface area contributed by atoms with Crippen molar-refractivity contribution in [2.24, 2.45) is 0 Å². The van der Waals surface area contributed by atoms with Crippen molar-refractivity contribution in [3.63, 3.8) is 0 Å². The van der Waals surface area contributed by atoms with Crippen LogP contribution in [0, 0.1) is 0 Å². The van der Waals surface area contributed by atoms with Gasteiger partial charge < -0.3 is 9.47 Å². The van der Waals surface area contributed by atoms with Gasteiger partial charge in [0.25, 0.3) is 0 Å². The van der Waals surface area contributed by atoms with Gasteiger partial charge in [-0.3, -0.25) is 0 Å². The molecule has 1 aromatic heterocycles. The zero-order chi connectivity index (χ0) is 34.2. The fourth-order valence-corrected chi connectivity index (χ4v) is 7.61. The highest BCUT2D eigenvalue weighted by Crippen LogP contribution is 2.41. The monoisotopic (exact) mass is 654 g/mol. The highest BCUT2D eigenvalue weighted by Gasteiger charge is 2.27. The standard InChI is InChI=1S/C49H38N2/c1-49(34-32-44(33-35-49)51-47-18-10-8-16-45(47)46-17-9-11-19-48(46)51)40-24-30-43(31-25-40)50(41-26-20-38(21-27-41)36-12-4-2-5-13-36)42-28-22-39(23-29-42)37-14-6-3-7-15-37/h2-34H,35H2,1H3. The largest absolute Gasteiger partial charge is 0.311 e. The van der Waals surface area contributed by atoms with E-state index in [1.165, 1.54) is 55.3 Å². The summed E-state index contributed by atoms with van der Waals surface area (Å²) in [5.41, 5.74) is 13.1. The molecule has 244 valence electrons. The molecule has 7 aromatic carbocycles. The van der Waals surface area contributed by atoms with Crippen molar-refractivity contribution in [1.82, 2.24) is 4.57 Å². The number of para-hydroxylation sites is 2. The smallest absolute Gasteiger partial charge is 0.0540 e. The lowest BCUT2D eigenvalue weighted by Gasteiger charge is -2.31. The fourth-order valence-electron chi connectivity index (χ4n) is 7.61. The molecule has 0 fully saturated rings. The van der Waals surface area contributed by atoms with E-state index in [-0.39, 0.29) is 5.41 Å². The zero-order valence-electron chi connectivity index (χ0n) is 28.7. The molecule has 0 saturated carbocycles. The molecular formula is C49H38N2. The van der Waals surface area contributed by atoms with Crippen molar-refractivity contribution < 1.29 is 0 Å². The molecule has 0 bridgehead atoms. The van der Waals surface area contributed by atoms with Gasteiger partial charge in [0.05, 0.1) is 11.0 Å². The second kappa shape index (κ2) is 12.8. The lowest BCUT2D eigenvalue weighted by atomic mass is 9.77. The van der Waals surface area contributed by atoms with Crippen LogP contribution in [-0.4, -0.2) is 4.57 Å². The normalized spacial score (nSPS) is 15.6. The van der Waals surface area contributed by atoms with Gasteiger partial charge in [-0.1, -0.05) is 153 Å². The topological polar surface area (TPSA) is 8.17 Å². The van der Waals surface area contributed by atoms with Crippen LogP contribution in [0.15, 0.2) is 200 Å². The van der Waals surface area contributed by atoms with Gasteiger partial charge in [0.15, 0.2) is 0 Å². The predicted octanol–water partition coefficient (Wildman–Crippen LogP) is 13.4. The summed E-state index contributed by atoms with van der Waals surface area (Å²) in [4.78, 5) is 2.35. The molecule has 0 amide bonds. The van der Waals surface area contributed by atoms with E-state index in [2.05, 4.69) is 217 Å². The first-order valence-corrected chi connectivity index (χ1v) is 17.7. The van der Waals surface area contributed by atoms with E-state index in [9.17, 15) is 0 Å². The molecule has 51 heavy (non-hydrogen) atoms. The average Bonchev–Trinajstić information content (AvgIpc) is 3.54. The molecule has 2 heteroatoms. The van der Waals surface area contributed by atoms with Crippen LogP contribution in [0.25, 0.3) is 49.8 Å². The number of aromatic nitrogens is 1. The molecular weight excluding hydrogens is 617 g/mol. The Balaban J connectivity index is 1.04. The highest BCUT2D eigenvalue weighted by atomic mass is 15.1. The van der Waals surface area contributed by atoms with E-state index in [1.54, 1.807) is 0 Å². The number of nitrogens with zero attached hydrogens (tertiary/aromatic N) is 2. The summed E-state index contributed by atoms with van der Waals surface area (Å²) in [5, 5.41) is 2.58. The molecule has 0 spiro atoms. The number of benzene rings is 7. The number of allylic oxidation sites excluding steroid dienone is 4. The van der Waals surface area contributed by atoms with Crippen LogP contribution in [0.3, 0.4) is 0 Å². The van der Waals surface area contributed by atoms with Gasteiger partial charge in [-0.25, -0.2) is 0 Å². The van der Waals surface area contributed by atoms with E-state index in [0.29, 0.717) is 0 Å². The van der Waals surface area contributed by atoms with Crippen molar-refractivity contribution in [3.05, 3.63) is 206 Å². The van der Waals surface area contributed by atoms with Crippen molar-refractivity contribution in [1.29, 1.82) is 0 Å². The third-order valence-corrected chi connectivity index (χ3v) is 10.4. The Morgan fingerprint density at radius 3 is 1.31 bits per heavy atom. The molecule has 0 radical (unpaired) electrons. The maximum Gasteiger partial charge on any atom is 0.0540 e. The van der Waals surface area contributed by atoms with Crippen LogP contribution in [-0.2, 0) is 5.41 Å². The summed E-state index contributed by atoms with van der Waals surface area (Å²) in [5.74, 6) is 0. The van der Waals surface area contributed by atoms with E-state index >= 15 is 0 Å². The van der Waals surface area contributed by atoms with Gasteiger partial charge in [-0.2, -0.15) is 0 Å². The Kier molecular flexibility index (Phi) is 7.71. The zero-order valence-corrected chi connectivity index (χ0v) is 28.7.